The van der Waals surface area contributed by atoms with E-state index in [4.69, 9.17) is 0 Å². The minimum Gasteiger partial charge on any atom is -0.507 e. The van der Waals surface area contributed by atoms with Crippen molar-refractivity contribution in [2.75, 3.05) is 0 Å². The summed E-state index contributed by atoms with van der Waals surface area (Å²) >= 11 is 0. The number of unbranched alkanes of at least 4 members (excludes halogenated alkanes) is 2. The lowest BCUT2D eigenvalue weighted by Crippen LogP contribution is -1.98. The van der Waals surface area contributed by atoms with Crippen LogP contribution in [0.4, 0.5) is 0 Å². The molecule has 0 bridgehead atoms. The van der Waals surface area contributed by atoms with Crippen LogP contribution in [0.15, 0.2) is 42.5 Å². The van der Waals surface area contributed by atoms with E-state index < -0.39 is 0 Å². The highest BCUT2D eigenvalue weighted by Gasteiger charge is 2.13. The van der Waals surface area contributed by atoms with Gasteiger partial charge in [-0.15, -0.1) is 0 Å². The van der Waals surface area contributed by atoms with Crippen molar-refractivity contribution >= 4 is 0 Å². The monoisotopic (exact) mass is 268 g/mol. The number of rotatable bonds is 6. The first-order chi connectivity index (χ1) is 9.77. The van der Waals surface area contributed by atoms with Crippen molar-refractivity contribution in [3.63, 3.8) is 0 Å². The summed E-state index contributed by atoms with van der Waals surface area (Å²) in [4.78, 5) is 0. The highest BCUT2D eigenvalue weighted by atomic mass is 16.3. The Morgan fingerprint density at radius 2 is 1.65 bits per heavy atom. The molecule has 1 nitrogen and oxygen atoms in total. The second kappa shape index (κ2) is 7.14. The van der Waals surface area contributed by atoms with Gasteiger partial charge in [-0.3, -0.25) is 0 Å². The highest BCUT2D eigenvalue weighted by Crippen LogP contribution is 2.35. The first kappa shape index (κ1) is 14.6. The molecule has 0 fully saturated rings. The molecule has 0 saturated heterocycles. The summed E-state index contributed by atoms with van der Waals surface area (Å²) in [5.41, 5.74) is 4.83. The van der Waals surface area contributed by atoms with Crippen molar-refractivity contribution in [2.45, 2.75) is 46.0 Å². The van der Waals surface area contributed by atoms with Crippen molar-refractivity contribution in [2.24, 2.45) is 0 Å². The SMILES string of the molecule is CCCCCc1c(CC)ccc(O)c1-c1ccccc1. The minimum absolute atomic E-state index is 0.403. The Kier molecular flexibility index (Phi) is 5.23. The maximum Gasteiger partial charge on any atom is 0.123 e. The van der Waals surface area contributed by atoms with Crippen molar-refractivity contribution in [3.8, 4) is 16.9 Å². The third-order valence-electron chi connectivity index (χ3n) is 3.86. The zero-order chi connectivity index (χ0) is 14.4. The van der Waals surface area contributed by atoms with Crippen LogP contribution in [-0.2, 0) is 12.8 Å². The Balaban J connectivity index is 2.47. The summed E-state index contributed by atoms with van der Waals surface area (Å²) in [7, 11) is 0. The molecular weight excluding hydrogens is 244 g/mol. The number of phenols is 1. The Bertz CT molecular complexity index is 543. The van der Waals surface area contributed by atoms with Gasteiger partial charge in [0.2, 0.25) is 0 Å². The summed E-state index contributed by atoms with van der Waals surface area (Å²) in [6.07, 6.45) is 5.72. The second-order valence-corrected chi connectivity index (χ2v) is 5.27. The molecular formula is C19H24O. The van der Waals surface area contributed by atoms with E-state index in [9.17, 15) is 5.11 Å². The quantitative estimate of drug-likeness (QED) is 0.700. The van der Waals surface area contributed by atoms with Gasteiger partial charge in [0.1, 0.15) is 5.75 Å². The topological polar surface area (TPSA) is 20.2 Å². The van der Waals surface area contributed by atoms with Gasteiger partial charge in [0.25, 0.3) is 0 Å². The molecule has 0 radical (unpaired) electrons. The molecule has 2 aromatic rings. The Hall–Kier alpha value is -1.76. The van der Waals surface area contributed by atoms with Gasteiger partial charge in [-0.2, -0.15) is 0 Å². The largest absolute Gasteiger partial charge is 0.507 e. The summed E-state index contributed by atoms with van der Waals surface area (Å²) in [5.74, 6) is 0.403. The van der Waals surface area contributed by atoms with Crippen LogP contribution >= 0.6 is 0 Å². The standard InChI is InChI=1S/C19H24O/c1-3-5-7-12-17-15(4-2)13-14-18(20)19(17)16-10-8-6-9-11-16/h6,8-11,13-14,20H,3-5,7,12H2,1-2H3. The van der Waals surface area contributed by atoms with Crippen LogP contribution in [0.25, 0.3) is 11.1 Å². The Labute approximate surface area is 122 Å². The molecule has 0 aromatic heterocycles. The lowest BCUT2D eigenvalue weighted by Gasteiger charge is -2.16. The van der Waals surface area contributed by atoms with Gasteiger partial charge in [-0.1, -0.05) is 63.1 Å². The van der Waals surface area contributed by atoms with Gasteiger partial charge in [-0.05, 0) is 42.0 Å². The molecule has 0 aliphatic heterocycles. The predicted molar refractivity (Wildman–Crippen MR) is 86.1 cm³/mol. The average Bonchev–Trinajstić information content (AvgIpc) is 2.49. The molecule has 1 heteroatoms. The molecule has 106 valence electrons. The number of hydrogen-bond donors (Lipinski definition) is 1. The second-order valence-electron chi connectivity index (χ2n) is 5.27. The van der Waals surface area contributed by atoms with Gasteiger partial charge in [0, 0.05) is 5.56 Å². The molecule has 0 spiro atoms. The molecule has 2 aromatic carbocycles. The van der Waals surface area contributed by atoms with Crippen molar-refractivity contribution in [3.05, 3.63) is 53.6 Å². The van der Waals surface area contributed by atoms with Crippen LogP contribution in [0.5, 0.6) is 5.75 Å². The number of phenolic OH excluding ortho intramolecular Hbond substituents is 1. The van der Waals surface area contributed by atoms with E-state index in [2.05, 4.69) is 32.0 Å². The third kappa shape index (κ3) is 3.22. The maximum absolute atomic E-state index is 10.3. The summed E-state index contributed by atoms with van der Waals surface area (Å²) in [6, 6.07) is 14.1. The van der Waals surface area contributed by atoms with E-state index in [-0.39, 0.29) is 0 Å². The van der Waals surface area contributed by atoms with E-state index in [1.807, 2.05) is 24.3 Å². The van der Waals surface area contributed by atoms with Crippen LogP contribution in [0, 0.1) is 0 Å². The number of aromatic hydroxyl groups is 1. The maximum atomic E-state index is 10.3. The predicted octanol–water partition coefficient (Wildman–Crippen LogP) is 5.35. The third-order valence-corrected chi connectivity index (χ3v) is 3.86. The van der Waals surface area contributed by atoms with Gasteiger partial charge in [0.05, 0.1) is 0 Å². The fourth-order valence-corrected chi connectivity index (χ4v) is 2.77. The van der Waals surface area contributed by atoms with Crippen LogP contribution < -0.4 is 0 Å². The highest BCUT2D eigenvalue weighted by molar-refractivity contribution is 5.75. The van der Waals surface area contributed by atoms with Crippen LogP contribution in [0.3, 0.4) is 0 Å². The van der Waals surface area contributed by atoms with Crippen molar-refractivity contribution < 1.29 is 5.11 Å². The molecule has 0 saturated carbocycles. The van der Waals surface area contributed by atoms with E-state index in [1.54, 1.807) is 0 Å². The lowest BCUT2D eigenvalue weighted by molar-refractivity contribution is 0.476. The van der Waals surface area contributed by atoms with E-state index >= 15 is 0 Å². The smallest absolute Gasteiger partial charge is 0.123 e. The first-order valence-electron chi connectivity index (χ1n) is 7.67. The molecule has 0 atom stereocenters. The molecule has 0 aliphatic carbocycles. The summed E-state index contributed by atoms with van der Waals surface area (Å²) in [6.45, 7) is 4.41. The van der Waals surface area contributed by atoms with E-state index in [1.165, 1.54) is 30.4 Å². The zero-order valence-corrected chi connectivity index (χ0v) is 12.5. The van der Waals surface area contributed by atoms with Crippen molar-refractivity contribution in [1.29, 1.82) is 0 Å². The summed E-state index contributed by atoms with van der Waals surface area (Å²) in [5, 5.41) is 10.3. The molecule has 2 rings (SSSR count). The van der Waals surface area contributed by atoms with Crippen LogP contribution in [-0.4, -0.2) is 5.11 Å². The minimum atomic E-state index is 0.403. The normalized spacial score (nSPS) is 10.7. The number of aryl methyl sites for hydroxylation is 1. The molecule has 0 heterocycles. The average molecular weight is 268 g/mol. The Morgan fingerprint density at radius 1 is 0.900 bits per heavy atom. The summed E-state index contributed by atoms with van der Waals surface area (Å²) < 4.78 is 0. The Morgan fingerprint density at radius 3 is 2.30 bits per heavy atom. The van der Waals surface area contributed by atoms with Crippen LogP contribution in [0.1, 0.15) is 44.2 Å². The van der Waals surface area contributed by atoms with Gasteiger partial charge in [-0.25, -0.2) is 0 Å². The zero-order valence-electron chi connectivity index (χ0n) is 12.5. The van der Waals surface area contributed by atoms with Gasteiger partial charge >= 0.3 is 0 Å². The molecule has 0 amide bonds. The molecule has 1 N–H and O–H groups in total. The van der Waals surface area contributed by atoms with Gasteiger partial charge in [0.15, 0.2) is 0 Å². The number of hydrogen-bond acceptors (Lipinski definition) is 1. The lowest BCUT2D eigenvalue weighted by atomic mass is 9.90. The molecule has 20 heavy (non-hydrogen) atoms. The van der Waals surface area contributed by atoms with Crippen LogP contribution in [0.2, 0.25) is 0 Å². The first-order valence-corrected chi connectivity index (χ1v) is 7.67. The fourth-order valence-electron chi connectivity index (χ4n) is 2.77. The molecule has 0 unspecified atom stereocenters. The van der Waals surface area contributed by atoms with Crippen molar-refractivity contribution in [1.82, 2.24) is 0 Å². The number of benzene rings is 2. The van der Waals surface area contributed by atoms with E-state index in [0.29, 0.717) is 5.75 Å². The van der Waals surface area contributed by atoms with Gasteiger partial charge < -0.3 is 5.11 Å². The van der Waals surface area contributed by atoms with E-state index in [0.717, 1.165) is 24.0 Å². The fraction of sp³-hybridized carbons (Fsp3) is 0.368. The molecule has 0 aliphatic rings.